The molecule has 0 aliphatic rings. The van der Waals surface area contributed by atoms with Gasteiger partial charge in [-0.05, 0) is 18.6 Å². The van der Waals surface area contributed by atoms with Gasteiger partial charge in [-0.2, -0.15) is 0 Å². The molecule has 1 atom stereocenters. The van der Waals surface area contributed by atoms with Gasteiger partial charge in [-0.15, -0.1) is 11.3 Å². The van der Waals surface area contributed by atoms with Gasteiger partial charge >= 0.3 is 0 Å². The molecule has 4 N–H and O–H groups in total. The fourth-order valence-electron chi connectivity index (χ4n) is 1.92. The summed E-state index contributed by atoms with van der Waals surface area (Å²) in [5.41, 5.74) is 7.36. The third-order valence-corrected chi connectivity index (χ3v) is 4.19. The number of nitrogens with one attached hydrogen (secondary N) is 2. The van der Waals surface area contributed by atoms with Gasteiger partial charge in [0.15, 0.2) is 5.75 Å². The molecule has 1 amide bonds. The summed E-state index contributed by atoms with van der Waals surface area (Å²) < 4.78 is 5.32. The van der Waals surface area contributed by atoms with Crippen LogP contribution in [-0.4, -0.2) is 25.0 Å². The molecule has 0 spiro atoms. The van der Waals surface area contributed by atoms with Crippen LogP contribution in [0.3, 0.4) is 0 Å². The highest BCUT2D eigenvalue weighted by atomic mass is 32.1. The van der Waals surface area contributed by atoms with Gasteiger partial charge in [0.05, 0.1) is 13.2 Å². The number of nitrogen functional groups attached to an aromatic ring is 1. The summed E-state index contributed by atoms with van der Waals surface area (Å²) in [5.74, 6) is 0.271. The van der Waals surface area contributed by atoms with E-state index in [-0.39, 0.29) is 11.9 Å². The molecule has 0 aliphatic heterocycles. The highest BCUT2D eigenvalue weighted by Crippen LogP contribution is 2.43. The van der Waals surface area contributed by atoms with E-state index in [9.17, 15) is 4.79 Å². The first-order valence-electron chi connectivity index (χ1n) is 6.43. The SMILES string of the molecule is CNC(=O)c1sc(NC(C)c2cccnc2)c(OC)c1N. The second-order valence-corrected chi connectivity index (χ2v) is 5.46. The molecule has 2 aromatic heterocycles. The van der Waals surface area contributed by atoms with Crippen LogP contribution in [0, 0.1) is 0 Å². The van der Waals surface area contributed by atoms with Gasteiger partial charge in [0.2, 0.25) is 0 Å². The average molecular weight is 306 g/mol. The van der Waals surface area contributed by atoms with Crippen LogP contribution in [-0.2, 0) is 0 Å². The minimum Gasteiger partial charge on any atom is -0.492 e. The number of thiophene rings is 1. The predicted octanol–water partition coefficient (Wildman–Crippen LogP) is 2.27. The van der Waals surface area contributed by atoms with Crippen molar-refractivity contribution in [2.24, 2.45) is 0 Å². The number of hydrogen-bond donors (Lipinski definition) is 3. The van der Waals surface area contributed by atoms with Crippen LogP contribution in [0.5, 0.6) is 5.75 Å². The van der Waals surface area contributed by atoms with E-state index in [4.69, 9.17) is 10.5 Å². The number of rotatable bonds is 5. The number of amides is 1. The zero-order valence-corrected chi connectivity index (χ0v) is 13.0. The summed E-state index contributed by atoms with van der Waals surface area (Å²) in [6.07, 6.45) is 3.52. The summed E-state index contributed by atoms with van der Waals surface area (Å²) in [6, 6.07) is 3.88. The quantitative estimate of drug-likeness (QED) is 0.788. The monoisotopic (exact) mass is 306 g/mol. The largest absolute Gasteiger partial charge is 0.492 e. The fraction of sp³-hybridized carbons (Fsp3) is 0.286. The Morgan fingerprint density at radius 2 is 2.29 bits per heavy atom. The Hall–Kier alpha value is -2.28. The molecule has 2 heterocycles. The van der Waals surface area contributed by atoms with E-state index < -0.39 is 0 Å². The second-order valence-electron chi connectivity index (χ2n) is 4.44. The van der Waals surface area contributed by atoms with E-state index in [2.05, 4.69) is 15.6 Å². The first-order valence-corrected chi connectivity index (χ1v) is 7.25. The van der Waals surface area contributed by atoms with E-state index >= 15 is 0 Å². The molecule has 0 saturated carbocycles. The predicted molar refractivity (Wildman–Crippen MR) is 84.9 cm³/mol. The van der Waals surface area contributed by atoms with Gasteiger partial charge in [-0.1, -0.05) is 6.07 Å². The summed E-state index contributed by atoms with van der Waals surface area (Å²) in [7, 11) is 3.10. The van der Waals surface area contributed by atoms with Gasteiger partial charge in [-0.25, -0.2) is 0 Å². The van der Waals surface area contributed by atoms with Crippen molar-refractivity contribution in [2.45, 2.75) is 13.0 Å². The average Bonchev–Trinajstić information content (AvgIpc) is 2.83. The lowest BCUT2D eigenvalue weighted by Crippen LogP contribution is -2.17. The zero-order valence-electron chi connectivity index (χ0n) is 12.1. The summed E-state index contributed by atoms with van der Waals surface area (Å²) in [6.45, 7) is 2.01. The molecule has 0 saturated heterocycles. The number of carbonyl (C=O) groups is 1. The lowest BCUT2D eigenvalue weighted by atomic mass is 10.1. The van der Waals surface area contributed by atoms with Crippen molar-refractivity contribution in [3.8, 4) is 5.75 Å². The van der Waals surface area contributed by atoms with Crippen molar-refractivity contribution in [1.82, 2.24) is 10.3 Å². The molecule has 6 nitrogen and oxygen atoms in total. The Bertz CT molecular complexity index is 627. The molecule has 0 bridgehead atoms. The van der Waals surface area contributed by atoms with Crippen LogP contribution in [0.1, 0.15) is 28.2 Å². The number of methoxy groups -OCH3 is 1. The maximum atomic E-state index is 11.8. The zero-order chi connectivity index (χ0) is 15.4. The van der Waals surface area contributed by atoms with E-state index in [0.29, 0.717) is 16.3 Å². The molecule has 2 aromatic rings. The Morgan fingerprint density at radius 1 is 1.52 bits per heavy atom. The van der Waals surface area contributed by atoms with Crippen molar-refractivity contribution >= 4 is 27.9 Å². The van der Waals surface area contributed by atoms with E-state index in [1.807, 2.05) is 19.1 Å². The van der Waals surface area contributed by atoms with Crippen molar-refractivity contribution < 1.29 is 9.53 Å². The molecule has 0 radical (unpaired) electrons. The maximum absolute atomic E-state index is 11.8. The number of nitrogens with zero attached hydrogens (tertiary/aromatic N) is 1. The third-order valence-electron chi connectivity index (χ3n) is 3.07. The maximum Gasteiger partial charge on any atom is 0.263 e. The van der Waals surface area contributed by atoms with Crippen LogP contribution in [0.25, 0.3) is 0 Å². The minimum absolute atomic E-state index is 0.0168. The molecule has 7 heteroatoms. The number of pyridine rings is 1. The molecular formula is C14H18N4O2S. The second kappa shape index (κ2) is 6.45. The summed E-state index contributed by atoms with van der Waals surface area (Å²) >= 11 is 1.27. The number of hydrogen-bond acceptors (Lipinski definition) is 6. The van der Waals surface area contributed by atoms with Crippen LogP contribution < -0.4 is 21.1 Å². The normalized spacial score (nSPS) is 11.8. The number of anilines is 2. The van der Waals surface area contributed by atoms with Gasteiger partial charge < -0.3 is 21.1 Å². The highest BCUT2D eigenvalue weighted by molar-refractivity contribution is 7.19. The summed E-state index contributed by atoms with van der Waals surface area (Å²) in [4.78, 5) is 16.3. The van der Waals surface area contributed by atoms with Crippen molar-refractivity contribution in [2.75, 3.05) is 25.2 Å². The Labute approximate surface area is 127 Å². The number of aromatic nitrogens is 1. The van der Waals surface area contributed by atoms with Crippen LogP contribution in [0.15, 0.2) is 24.5 Å². The first kappa shape index (κ1) is 15.1. The molecule has 2 rings (SSSR count). The molecule has 112 valence electrons. The van der Waals surface area contributed by atoms with Crippen molar-refractivity contribution in [3.63, 3.8) is 0 Å². The van der Waals surface area contributed by atoms with Gasteiger partial charge in [-0.3, -0.25) is 9.78 Å². The van der Waals surface area contributed by atoms with Crippen molar-refractivity contribution in [3.05, 3.63) is 35.0 Å². The lowest BCUT2D eigenvalue weighted by Gasteiger charge is -2.14. The van der Waals surface area contributed by atoms with Gasteiger partial charge in [0.25, 0.3) is 5.91 Å². The third kappa shape index (κ3) is 3.08. The number of nitrogens with two attached hydrogens (primary N) is 1. The molecule has 0 aliphatic carbocycles. The first-order chi connectivity index (χ1) is 10.1. The molecule has 0 fully saturated rings. The van der Waals surface area contributed by atoms with Gasteiger partial charge in [0.1, 0.15) is 15.6 Å². The Kier molecular flexibility index (Phi) is 4.64. The molecule has 21 heavy (non-hydrogen) atoms. The number of ether oxygens (including phenoxy) is 1. The highest BCUT2D eigenvalue weighted by Gasteiger charge is 2.22. The Balaban J connectivity index is 2.29. The molecule has 0 aromatic carbocycles. The smallest absolute Gasteiger partial charge is 0.263 e. The molecule has 1 unspecified atom stereocenters. The fourth-order valence-corrected chi connectivity index (χ4v) is 3.04. The van der Waals surface area contributed by atoms with Gasteiger partial charge in [0, 0.05) is 19.4 Å². The standard InChI is InChI=1S/C14H18N4O2S/c1-8(9-5-4-6-17-7-9)18-14-11(20-3)10(15)12(21-14)13(19)16-2/h4-8,18H,15H2,1-3H3,(H,16,19). The van der Waals surface area contributed by atoms with Crippen LogP contribution in [0.2, 0.25) is 0 Å². The number of carbonyl (C=O) groups excluding carboxylic acids is 1. The minimum atomic E-state index is -0.224. The molecular weight excluding hydrogens is 288 g/mol. The Morgan fingerprint density at radius 3 is 2.86 bits per heavy atom. The van der Waals surface area contributed by atoms with E-state index in [1.165, 1.54) is 18.4 Å². The topological polar surface area (TPSA) is 89.3 Å². The van der Waals surface area contributed by atoms with Crippen molar-refractivity contribution in [1.29, 1.82) is 0 Å². The van der Waals surface area contributed by atoms with E-state index in [1.54, 1.807) is 19.4 Å². The lowest BCUT2D eigenvalue weighted by molar-refractivity contribution is 0.0967. The summed E-state index contributed by atoms with van der Waals surface area (Å²) in [5, 5.41) is 6.61. The van der Waals surface area contributed by atoms with Crippen LogP contribution in [0.4, 0.5) is 10.7 Å². The van der Waals surface area contributed by atoms with E-state index in [0.717, 1.165) is 10.6 Å². The van der Waals surface area contributed by atoms with Crippen LogP contribution >= 0.6 is 11.3 Å².